The molecule has 0 aliphatic carbocycles. The van der Waals surface area contributed by atoms with Gasteiger partial charge in [0.05, 0.1) is 6.61 Å². The van der Waals surface area contributed by atoms with Gasteiger partial charge in [0.1, 0.15) is 12.4 Å². The fraction of sp³-hybridized carbons (Fsp3) is 0.381. The summed E-state index contributed by atoms with van der Waals surface area (Å²) in [5, 5.41) is 0. The van der Waals surface area contributed by atoms with Gasteiger partial charge in [-0.15, -0.1) is 0 Å². The first-order valence-electron chi connectivity index (χ1n) is 9.15. The molecule has 138 valence electrons. The molecular formula is C21H26N2O3. The molecule has 2 aromatic rings. The second kappa shape index (κ2) is 9.25. The number of carbonyl (C=O) groups excluding carboxylic acids is 1. The molecule has 2 aromatic carbocycles. The van der Waals surface area contributed by atoms with Gasteiger partial charge in [0.15, 0.2) is 0 Å². The molecule has 3 rings (SSSR count). The average Bonchev–Trinajstić information content (AvgIpc) is 2.69. The van der Waals surface area contributed by atoms with Gasteiger partial charge in [0.2, 0.25) is 0 Å². The molecule has 0 N–H and O–H groups in total. The number of hydrogen-bond acceptors (Lipinski definition) is 4. The molecule has 0 aromatic heterocycles. The summed E-state index contributed by atoms with van der Waals surface area (Å²) in [5.74, 6) is 0.944. The van der Waals surface area contributed by atoms with Crippen molar-refractivity contribution in [3.63, 3.8) is 0 Å². The van der Waals surface area contributed by atoms with Crippen LogP contribution in [0.25, 0.3) is 0 Å². The third-order valence-corrected chi connectivity index (χ3v) is 4.50. The Hall–Kier alpha value is -2.53. The summed E-state index contributed by atoms with van der Waals surface area (Å²) in [6, 6.07) is 17.9. The van der Waals surface area contributed by atoms with Crippen molar-refractivity contribution in [3.05, 3.63) is 65.7 Å². The monoisotopic (exact) mass is 354 g/mol. The van der Waals surface area contributed by atoms with E-state index in [0.29, 0.717) is 26.3 Å². The molecule has 26 heavy (non-hydrogen) atoms. The van der Waals surface area contributed by atoms with Crippen molar-refractivity contribution in [2.45, 2.75) is 20.1 Å². The van der Waals surface area contributed by atoms with Crippen LogP contribution in [0.3, 0.4) is 0 Å². The maximum atomic E-state index is 12.2. The lowest BCUT2D eigenvalue weighted by Gasteiger charge is -2.34. The van der Waals surface area contributed by atoms with Crippen molar-refractivity contribution in [3.8, 4) is 5.75 Å². The van der Waals surface area contributed by atoms with Crippen LogP contribution < -0.4 is 4.74 Å². The zero-order chi connectivity index (χ0) is 18.2. The average molecular weight is 354 g/mol. The lowest BCUT2D eigenvalue weighted by atomic mass is 10.1. The maximum absolute atomic E-state index is 12.2. The van der Waals surface area contributed by atoms with Crippen LogP contribution in [0.5, 0.6) is 5.75 Å². The smallest absolute Gasteiger partial charge is 0.410 e. The highest BCUT2D eigenvalue weighted by Gasteiger charge is 2.22. The number of nitrogens with zero attached hydrogens (tertiary/aromatic N) is 2. The van der Waals surface area contributed by atoms with Crippen molar-refractivity contribution < 1.29 is 14.3 Å². The lowest BCUT2D eigenvalue weighted by molar-refractivity contribution is 0.0698. The van der Waals surface area contributed by atoms with Crippen LogP contribution in [0.1, 0.15) is 18.1 Å². The van der Waals surface area contributed by atoms with E-state index in [1.807, 2.05) is 55.5 Å². The van der Waals surface area contributed by atoms with Crippen LogP contribution in [0.4, 0.5) is 4.79 Å². The van der Waals surface area contributed by atoms with Crippen LogP contribution >= 0.6 is 0 Å². The maximum Gasteiger partial charge on any atom is 0.410 e. The van der Waals surface area contributed by atoms with Gasteiger partial charge in [0, 0.05) is 38.3 Å². The zero-order valence-corrected chi connectivity index (χ0v) is 15.3. The van der Waals surface area contributed by atoms with E-state index in [9.17, 15) is 4.79 Å². The van der Waals surface area contributed by atoms with Gasteiger partial charge in [-0.1, -0.05) is 48.5 Å². The summed E-state index contributed by atoms with van der Waals surface area (Å²) >= 11 is 0. The molecule has 1 heterocycles. The molecular weight excluding hydrogens is 328 g/mol. The summed E-state index contributed by atoms with van der Waals surface area (Å²) in [6.07, 6.45) is -0.233. The lowest BCUT2D eigenvalue weighted by Crippen LogP contribution is -2.48. The van der Waals surface area contributed by atoms with E-state index in [2.05, 4.69) is 11.0 Å². The molecule has 0 unspecified atom stereocenters. The molecule has 0 spiro atoms. The van der Waals surface area contributed by atoms with E-state index in [-0.39, 0.29) is 6.09 Å². The van der Waals surface area contributed by atoms with E-state index in [0.717, 1.165) is 30.9 Å². The van der Waals surface area contributed by atoms with Crippen LogP contribution in [0.15, 0.2) is 54.6 Å². The predicted molar refractivity (Wildman–Crippen MR) is 101 cm³/mol. The van der Waals surface area contributed by atoms with Gasteiger partial charge < -0.3 is 14.4 Å². The van der Waals surface area contributed by atoms with Crippen molar-refractivity contribution in [1.82, 2.24) is 9.80 Å². The summed E-state index contributed by atoms with van der Waals surface area (Å²) < 4.78 is 11.1. The number of para-hydroxylation sites is 1. The van der Waals surface area contributed by atoms with Crippen molar-refractivity contribution >= 4 is 6.09 Å². The van der Waals surface area contributed by atoms with Crippen LogP contribution in [0, 0.1) is 0 Å². The molecule has 0 radical (unpaired) electrons. The van der Waals surface area contributed by atoms with E-state index in [1.54, 1.807) is 4.90 Å². The Bertz CT molecular complexity index is 697. The van der Waals surface area contributed by atoms with Crippen molar-refractivity contribution in [1.29, 1.82) is 0 Å². The van der Waals surface area contributed by atoms with Gasteiger partial charge in [-0.25, -0.2) is 4.79 Å². The minimum absolute atomic E-state index is 0.233. The molecule has 1 amide bonds. The van der Waals surface area contributed by atoms with E-state index < -0.39 is 0 Å². The highest BCUT2D eigenvalue weighted by atomic mass is 16.6. The third kappa shape index (κ3) is 4.99. The molecule has 0 bridgehead atoms. The first kappa shape index (κ1) is 18.3. The summed E-state index contributed by atoms with van der Waals surface area (Å²) in [7, 11) is 0. The molecule has 0 atom stereocenters. The highest BCUT2D eigenvalue weighted by molar-refractivity contribution is 5.67. The number of benzene rings is 2. The fourth-order valence-electron chi connectivity index (χ4n) is 3.07. The van der Waals surface area contributed by atoms with Gasteiger partial charge in [0.25, 0.3) is 0 Å². The number of hydrogen-bond donors (Lipinski definition) is 0. The highest BCUT2D eigenvalue weighted by Crippen LogP contribution is 2.20. The second-order valence-corrected chi connectivity index (χ2v) is 6.34. The van der Waals surface area contributed by atoms with Crippen LogP contribution in [-0.4, -0.2) is 48.7 Å². The molecule has 1 aliphatic heterocycles. The number of piperazine rings is 1. The van der Waals surface area contributed by atoms with Crippen molar-refractivity contribution in [2.24, 2.45) is 0 Å². The second-order valence-electron chi connectivity index (χ2n) is 6.34. The van der Waals surface area contributed by atoms with Crippen molar-refractivity contribution in [2.75, 3.05) is 32.8 Å². The molecule has 1 aliphatic rings. The fourth-order valence-corrected chi connectivity index (χ4v) is 3.07. The van der Waals surface area contributed by atoms with Gasteiger partial charge >= 0.3 is 6.09 Å². The summed E-state index contributed by atoms with van der Waals surface area (Å²) in [4.78, 5) is 16.4. The minimum atomic E-state index is -0.233. The molecule has 5 heteroatoms. The number of ether oxygens (including phenoxy) is 2. The Balaban J connectivity index is 1.46. The van der Waals surface area contributed by atoms with Gasteiger partial charge in [-0.05, 0) is 18.6 Å². The van der Waals surface area contributed by atoms with Crippen LogP contribution in [0.2, 0.25) is 0 Å². The Morgan fingerprint density at radius 1 is 0.962 bits per heavy atom. The van der Waals surface area contributed by atoms with Gasteiger partial charge in [-0.2, -0.15) is 0 Å². The summed E-state index contributed by atoms with van der Waals surface area (Å²) in [5.41, 5.74) is 2.20. The zero-order valence-electron chi connectivity index (χ0n) is 15.3. The van der Waals surface area contributed by atoms with Gasteiger partial charge in [-0.3, -0.25) is 4.90 Å². The molecule has 0 saturated carbocycles. The van der Waals surface area contributed by atoms with E-state index >= 15 is 0 Å². The number of rotatable bonds is 6. The quantitative estimate of drug-likeness (QED) is 0.796. The molecule has 1 fully saturated rings. The third-order valence-electron chi connectivity index (χ3n) is 4.50. The largest absolute Gasteiger partial charge is 0.494 e. The number of carbonyl (C=O) groups is 1. The minimum Gasteiger partial charge on any atom is -0.494 e. The molecule has 5 nitrogen and oxygen atoms in total. The topological polar surface area (TPSA) is 42.0 Å². The normalized spacial score (nSPS) is 14.9. The summed E-state index contributed by atoms with van der Waals surface area (Å²) in [6.45, 7) is 6.86. The van der Waals surface area contributed by atoms with E-state index in [1.165, 1.54) is 5.56 Å². The Kier molecular flexibility index (Phi) is 6.50. The number of amides is 1. The predicted octanol–water partition coefficient (Wildman–Crippen LogP) is 3.54. The Labute approximate surface area is 155 Å². The van der Waals surface area contributed by atoms with Crippen LogP contribution in [-0.2, 0) is 17.9 Å². The standard InChI is InChI=1S/C21H26N2O3/c1-2-25-20-11-7-6-10-19(20)16-22-12-14-23(15-13-22)21(24)26-17-18-8-4-3-5-9-18/h3-11H,2,12-17H2,1H3. The molecule has 1 saturated heterocycles. The Morgan fingerprint density at radius 3 is 2.38 bits per heavy atom. The first-order chi connectivity index (χ1) is 12.8. The first-order valence-corrected chi connectivity index (χ1v) is 9.15. The Morgan fingerprint density at radius 2 is 1.65 bits per heavy atom. The van der Waals surface area contributed by atoms with E-state index in [4.69, 9.17) is 9.47 Å². The SMILES string of the molecule is CCOc1ccccc1CN1CCN(C(=O)OCc2ccccc2)CC1.